The molecule has 0 aliphatic carbocycles. The van der Waals surface area contributed by atoms with E-state index < -0.39 is 0 Å². The van der Waals surface area contributed by atoms with Crippen LogP contribution >= 0.6 is 0 Å². The van der Waals surface area contributed by atoms with Crippen LogP contribution in [0.1, 0.15) is 89.2 Å². The molecule has 3 heteroatoms. The Labute approximate surface area is 152 Å². The molecule has 1 aromatic rings. The molecule has 138 valence electrons. The average molecular weight is 344 g/mol. The lowest BCUT2D eigenvalue weighted by Crippen LogP contribution is -2.51. The summed E-state index contributed by atoms with van der Waals surface area (Å²) in [5.74, 6) is 0. The summed E-state index contributed by atoms with van der Waals surface area (Å²) < 4.78 is 0. The van der Waals surface area contributed by atoms with Crippen LogP contribution in [0.3, 0.4) is 0 Å². The van der Waals surface area contributed by atoms with E-state index in [1.807, 2.05) is 0 Å². The second-order valence-corrected chi connectivity index (χ2v) is 7.86. The number of carbonyl (C=O) groups excluding carboxylic acids is 1. The van der Waals surface area contributed by atoms with E-state index in [0.29, 0.717) is 12.5 Å². The highest BCUT2D eigenvalue weighted by Crippen LogP contribution is 2.50. The number of unbranched alkanes of at least 4 members (excludes halogenated alkanes) is 3. The number of hydroxylamine groups is 2. The van der Waals surface area contributed by atoms with Crippen LogP contribution in [-0.4, -0.2) is 22.9 Å². The fraction of sp³-hybridized carbons (Fsp3) is 0.682. The summed E-state index contributed by atoms with van der Waals surface area (Å²) in [5.41, 5.74) is 1.43. The Morgan fingerprint density at radius 1 is 1.24 bits per heavy atom. The lowest BCUT2D eigenvalue weighted by Gasteiger charge is -2.45. The molecule has 0 amide bonds. The summed E-state index contributed by atoms with van der Waals surface area (Å²) in [4.78, 5) is 17.4. The Kier molecular flexibility index (Phi) is 6.66. The van der Waals surface area contributed by atoms with Crippen LogP contribution in [0, 0.1) is 0 Å². The van der Waals surface area contributed by atoms with Gasteiger partial charge in [0.25, 0.3) is 0 Å². The molecular weight excluding hydrogens is 310 g/mol. The van der Waals surface area contributed by atoms with Crippen molar-refractivity contribution in [2.24, 2.45) is 0 Å². The minimum absolute atomic E-state index is 0.138. The molecule has 0 spiro atoms. The summed E-state index contributed by atoms with van der Waals surface area (Å²) in [6.07, 6.45) is 13.9. The Hall–Kier alpha value is -1.19. The van der Waals surface area contributed by atoms with Gasteiger partial charge in [-0.1, -0.05) is 56.5 Å². The highest BCUT2D eigenvalue weighted by Gasteiger charge is 2.51. The monoisotopic (exact) mass is 343 g/mol. The minimum atomic E-state index is 0.138. The van der Waals surface area contributed by atoms with Gasteiger partial charge >= 0.3 is 0 Å². The summed E-state index contributed by atoms with van der Waals surface area (Å²) in [6.45, 7) is 2.27. The second-order valence-electron chi connectivity index (χ2n) is 7.86. The standard InChI is InChI=1S/C22H33NO2/c1-2-3-5-13-20-14-10-16-22(15-8-9-17-24)18-21(25-23(20)22)19-11-6-4-7-12-19/h4,6-7,11-12,17,20-21H,2-3,5,8-10,13-16,18H2,1H3/t20-,21-,22+/m1/s1. The number of hydrogen-bond donors (Lipinski definition) is 0. The number of piperidine rings is 1. The van der Waals surface area contributed by atoms with Crippen molar-refractivity contribution >= 4 is 6.29 Å². The van der Waals surface area contributed by atoms with Gasteiger partial charge in [0.15, 0.2) is 0 Å². The number of fused-ring (bicyclic) bond motifs is 1. The van der Waals surface area contributed by atoms with Crippen LogP contribution in [-0.2, 0) is 9.63 Å². The quantitative estimate of drug-likeness (QED) is 0.431. The fourth-order valence-electron chi connectivity index (χ4n) is 4.78. The first-order valence-corrected chi connectivity index (χ1v) is 10.2. The zero-order valence-electron chi connectivity index (χ0n) is 15.7. The van der Waals surface area contributed by atoms with E-state index in [9.17, 15) is 4.79 Å². The molecule has 2 fully saturated rings. The number of carbonyl (C=O) groups is 1. The predicted molar refractivity (Wildman–Crippen MR) is 101 cm³/mol. The highest BCUT2D eigenvalue weighted by molar-refractivity contribution is 5.49. The molecule has 2 heterocycles. The number of hydrogen-bond acceptors (Lipinski definition) is 3. The number of nitrogens with zero attached hydrogens (tertiary/aromatic N) is 1. The van der Waals surface area contributed by atoms with Crippen LogP contribution in [0.4, 0.5) is 0 Å². The van der Waals surface area contributed by atoms with Crippen LogP contribution in [0.15, 0.2) is 30.3 Å². The lowest BCUT2D eigenvalue weighted by molar-refractivity contribution is -0.232. The maximum absolute atomic E-state index is 10.8. The molecule has 3 atom stereocenters. The Morgan fingerprint density at radius 3 is 2.84 bits per heavy atom. The first-order valence-electron chi connectivity index (χ1n) is 10.2. The molecule has 2 aliphatic heterocycles. The van der Waals surface area contributed by atoms with Gasteiger partial charge in [-0.05, 0) is 44.1 Å². The SMILES string of the molecule is CCCCC[C@@H]1CCC[C@@]2(CCCC=O)C[C@H](c3ccccc3)ON12. The van der Waals surface area contributed by atoms with Gasteiger partial charge < -0.3 is 4.79 Å². The summed E-state index contributed by atoms with van der Waals surface area (Å²) in [6, 6.07) is 11.2. The molecule has 2 saturated heterocycles. The first-order chi connectivity index (χ1) is 12.3. The van der Waals surface area contributed by atoms with E-state index in [-0.39, 0.29) is 11.6 Å². The zero-order valence-corrected chi connectivity index (χ0v) is 15.7. The van der Waals surface area contributed by atoms with Crippen molar-refractivity contribution in [3.8, 4) is 0 Å². The van der Waals surface area contributed by atoms with Gasteiger partial charge in [-0.2, -0.15) is 5.06 Å². The van der Waals surface area contributed by atoms with Crippen LogP contribution < -0.4 is 0 Å². The van der Waals surface area contributed by atoms with Gasteiger partial charge in [-0.15, -0.1) is 0 Å². The molecule has 2 aliphatic rings. The molecule has 25 heavy (non-hydrogen) atoms. The molecule has 0 bridgehead atoms. The van der Waals surface area contributed by atoms with Crippen LogP contribution in [0.2, 0.25) is 0 Å². The third kappa shape index (κ3) is 4.32. The van der Waals surface area contributed by atoms with Crippen molar-refractivity contribution in [1.29, 1.82) is 0 Å². The Bertz CT molecular complexity index is 532. The number of aldehydes is 1. The van der Waals surface area contributed by atoms with Crippen molar-refractivity contribution < 1.29 is 9.63 Å². The largest absolute Gasteiger partial charge is 0.303 e. The maximum Gasteiger partial charge on any atom is 0.119 e. The van der Waals surface area contributed by atoms with Crippen molar-refractivity contribution in [2.45, 2.75) is 95.2 Å². The molecule has 3 nitrogen and oxygen atoms in total. The summed E-state index contributed by atoms with van der Waals surface area (Å²) in [5, 5.41) is 2.40. The fourth-order valence-corrected chi connectivity index (χ4v) is 4.78. The summed E-state index contributed by atoms with van der Waals surface area (Å²) >= 11 is 0. The smallest absolute Gasteiger partial charge is 0.119 e. The normalized spacial score (nSPS) is 29.5. The predicted octanol–water partition coefficient (Wildman–Crippen LogP) is 5.61. The van der Waals surface area contributed by atoms with Crippen LogP contribution in [0.5, 0.6) is 0 Å². The van der Waals surface area contributed by atoms with Crippen molar-refractivity contribution in [3.63, 3.8) is 0 Å². The van der Waals surface area contributed by atoms with Crippen molar-refractivity contribution in [3.05, 3.63) is 35.9 Å². The van der Waals surface area contributed by atoms with E-state index in [1.54, 1.807) is 0 Å². The summed E-state index contributed by atoms with van der Waals surface area (Å²) in [7, 11) is 0. The van der Waals surface area contributed by atoms with E-state index in [2.05, 4.69) is 42.3 Å². The maximum atomic E-state index is 10.8. The topological polar surface area (TPSA) is 29.5 Å². The van der Waals surface area contributed by atoms with Gasteiger partial charge in [-0.3, -0.25) is 4.84 Å². The molecule has 0 N–H and O–H groups in total. The average Bonchev–Trinajstić information content (AvgIpc) is 3.04. The minimum Gasteiger partial charge on any atom is -0.303 e. The first kappa shape index (κ1) is 18.6. The van der Waals surface area contributed by atoms with Gasteiger partial charge in [0.05, 0.1) is 0 Å². The number of rotatable bonds is 9. The molecule has 0 aromatic heterocycles. The van der Waals surface area contributed by atoms with Gasteiger partial charge in [-0.25, -0.2) is 0 Å². The molecule has 0 unspecified atom stereocenters. The third-order valence-electron chi connectivity index (χ3n) is 6.06. The van der Waals surface area contributed by atoms with Crippen molar-refractivity contribution in [1.82, 2.24) is 5.06 Å². The third-order valence-corrected chi connectivity index (χ3v) is 6.06. The number of benzene rings is 1. The molecule has 1 aromatic carbocycles. The van der Waals surface area contributed by atoms with E-state index >= 15 is 0 Å². The lowest BCUT2D eigenvalue weighted by atomic mass is 9.77. The molecule has 0 saturated carbocycles. The van der Waals surface area contributed by atoms with E-state index in [1.165, 1.54) is 50.5 Å². The van der Waals surface area contributed by atoms with Gasteiger partial charge in [0, 0.05) is 24.4 Å². The van der Waals surface area contributed by atoms with Gasteiger partial charge in [0.1, 0.15) is 12.4 Å². The zero-order chi connectivity index (χ0) is 17.5. The second kappa shape index (κ2) is 8.95. The Morgan fingerprint density at radius 2 is 2.08 bits per heavy atom. The van der Waals surface area contributed by atoms with Gasteiger partial charge in [0.2, 0.25) is 0 Å². The van der Waals surface area contributed by atoms with E-state index in [0.717, 1.165) is 25.5 Å². The molecule has 3 rings (SSSR count). The molecular formula is C22H33NO2. The van der Waals surface area contributed by atoms with Crippen molar-refractivity contribution in [2.75, 3.05) is 0 Å². The van der Waals surface area contributed by atoms with E-state index in [4.69, 9.17) is 4.84 Å². The highest BCUT2D eigenvalue weighted by atomic mass is 16.7. The van der Waals surface area contributed by atoms with Crippen LogP contribution in [0.25, 0.3) is 0 Å². The Balaban J connectivity index is 1.76. The molecule has 0 radical (unpaired) electrons.